The minimum Gasteiger partial charge on any atom is -0.454 e. The SMILES string of the molecule is CC/C=C\C/C=C\C/C=C\C/C=C\C/C=C\CCC(O)C(=O)NC(COC1OC(CO)C(O)C(O)C1OC(=O)CCCCCCCCCCCCCCCC/C=C\C/C=C\C/C=C\CCCCC)C(O)/C=C/CCCCCCCCCCC. The number of aliphatic hydroxyl groups is 5. The molecule has 11 nitrogen and oxygen atoms in total. The molecule has 6 N–H and O–H groups in total. The molecule has 83 heavy (non-hydrogen) atoms. The summed E-state index contributed by atoms with van der Waals surface area (Å²) in [6, 6.07) is -1.06. The van der Waals surface area contributed by atoms with Crippen LogP contribution in [0.2, 0.25) is 0 Å². The first-order valence-corrected chi connectivity index (χ1v) is 33.7. The fraction of sp³-hybridized carbons (Fsp3) is 0.722. The van der Waals surface area contributed by atoms with E-state index in [9.17, 15) is 35.1 Å². The van der Waals surface area contributed by atoms with Gasteiger partial charge < -0.3 is 45.1 Å². The van der Waals surface area contributed by atoms with Crippen molar-refractivity contribution in [2.75, 3.05) is 13.2 Å². The smallest absolute Gasteiger partial charge is 0.306 e. The molecular weight excluding hydrogens is 1040 g/mol. The first-order valence-electron chi connectivity index (χ1n) is 33.7. The van der Waals surface area contributed by atoms with Gasteiger partial charge in [0.2, 0.25) is 5.91 Å². The zero-order valence-electron chi connectivity index (χ0n) is 52.8. The Labute approximate surface area is 507 Å². The second-order valence-electron chi connectivity index (χ2n) is 22.8. The molecule has 0 spiro atoms. The third-order valence-electron chi connectivity index (χ3n) is 15.2. The van der Waals surface area contributed by atoms with E-state index in [0.29, 0.717) is 12.8 Å². The van der Waals surface area contributed by atoms with Crippen LogP contribution in [0.4, 0.5) is 0 Å². The molecule has 0 aliphatic carbocycles. The molecule has 0 aromatic rings. The van der Waals surface area contributed by atoms with Crippen molar-refractivity contribution in [3.8, 4) is 0 Å². The monoisotopic (exact) mass is 1160 g/mol. The van der Waals surface area contributed by atoms with Crippen LogP contribution in [-0.2, 0) is 23.8 Å². The van der Waals surface area contributed by atoms with Crippen LogP contribution in [0.5, 0.6) is 0 Å². The van der Waals surface area contributed by atoms with Crippen molar-refractivity contribution in [3.05, 3.63) is 109 Å². The van der Waals surface area contributed by atoms with E-state index in [2.05, 4.69) is 111 Å². The lowest BCUT2D eigenvalue weighted by Gasteiger charge is -2.41. The molecule has 476 valence electrons. The Hall–Kier alpha value is -3.68. The zero-order chi connectivity index (χ0) is 60.3. The summed E-state index contributed by atoms with van der Waals surface area (Å²) in [6.45, 7) is 5.61. The minimum absolute atomic E-state index is 0.111. The van der Waals surface area contributed by atoms with E-state index in [0.717, 1.165) is 89.9 Å². The third-order valence-corrected chi connectivity index (χ3v) is 15.2. The highest BCUT2D eigenvalue weighted by Gasteiger charge is 2.47. The Bertz CT molecular complexity index is 1770. The van der Waals surface area contributed by atoms with Crippen LogP contribution >= 0.6 is 0 Å². The Balaban J connectivity index is 2.58. The molecule has 8 unspecified atom stereocenters. The van der Waals surface area contributed by atoms with E-state index in [4.69, 9.17) is 14.2 Å². The van der Waals surface area contributed by atoms with Crippen molar-refractivity contribution in [1.29, 1.82) is 0 Å². The van der Waals surface area contributed by atoms with Gasteiger partial charge in [-0.25, -0.2) is 0 Å². The predicted octanol–water partition coefficient (Wildman–Crippen LogP) is 16.8. The summed E-state index contributed by atoms with van der Waals surface area (Å²) < 4.78 is 17.6. The van der Waals surface area contributed by atoms with Crippen LogP contribution < -0.4 is 5.32 Å². The number of aliphatic hydroxyl groups excluding tert-OH is 5. The summed E-state index contributed by atoms with van der Waals surface area (Å²) in [5.41, 5.74) is 0. The number of nitrogens with one attached hydrogen (secondary N) is 1. The van der Waals surface area contributed by atoms with E-state index in [-0.39, 0.29) is 19.4 Å². The molecule has 0 aromatic carbocycles. The van der Waals surface area contributed by atoms with Gasteiger partial charge >= 0.3 is 5.97 Å². The lowest BCUT2D eigenvalue weighted by Crippen LogP contribution is -2.61. The quantitative estimate of drug-likeness (QED) is 0.0195. The van der Waals surface area contributed by atoms with Crippen molar-refractivity contribution in [1.82, 2.24) is 5.32 Å². The summed E-state index contributed by atoms with van der Waals surface area (Å²) in [4.78, 5) is 26.6. The van der Waals surface area contributed by atoms with E-state index < -0.39 is 67.4 Å². The maximum atomic E-state index is 13.4. The van der Waals surface area contributed by atoms with Crippen molar-refractivity contribution < 1.29 is 49.3 Å². The predicted molar refractivity (Wildman–Crippen MR) is 347 cm³/mol. The molecule has 0 bridgehead atoms. The van der Waals surface area contributed by atoms with Crippen molar-refractivity contribution in [3.63, 3.8) is 0 Å². The minimum atomic E-state index is -1.63. The average molecular weight is 1160 g/mol. The van der Waals surface area contributed by atoms with E-state index in [1.807, 2.05) is 18.2 Å². The van der Waals surface area contributed by atoms with Crippen molar-refractivity contribution in [2.24, 2.45) is 0 Å². The fourth-order valence-corrected chi connectivity index (χ4v) is 9.87. The van der Waals surface area contributed by atoms with E-state index >= 15 is 0 Å². The summed E-state index contributed by atoms with van der Waals surface area (Å²) in [5, 5.41) is 57.0. The van der Waals surface area contributed by atoms with Crippen LogP contribution in [0.15, 0.2) is 109 Å². The Kier molecular flexibility index (Phi) is 54.7. The van der Waals surface area contributed by atoms with Gasteiger partial charge in [-0.2, -0.15) is 0 Å². The van der Waals surface area contributed by atoms with Gasteiger partial charge in [0, 0.05) is 6.42 Å². The summed E-state index contributed by atoms with van der Waals surface area (Å²) in [5.74, 6) is -1.26. The molecule has 8 atom stereocenters. The van der Waals surface area contributed by atoms with Crippen molar-refractivity contribution in [2.45, 2.75) is 320 Å². The topological polar surface area (TPSA) is 175 Å². The number of ether oxygens (including phenoxy) is 3. The maximum Gasteiger partial charge on any atom is 0.306 e. The number of hydrogen-bond donors (Lipinski definition) is 6. The first kappa shape index (κ1) is 77.3. The summed E-state index contributed by atoms with van der Waals surface area (Å²) in [7, 11) is 0. The second kappa shape index (κ2) is 58.7. The highest BCUT2D eigenvalue weighted by molar-refractivity contribution is 5.80. The molecule has 1 aliphatic heterocycles. The third kappa shape index (κ3) is 46.2. The number of carbonyl (C=O) groups is 2. The van der Waals surface area contributed by atoms with Crippen LogP contribution in [0.25, 0.3) is 0 Å². The highest BCUT2D eigenvalue weighted by atomic mass is 16.7. The van der Waals surface area contributed by atoms with Gasteiger partial charge in [0.05, 0.1) is 25.4 Å². The molecule has 1 rings (SSSR count). The van der Waals surface area contributed by atoms with Crippen LogP contribution in [-0.4, -0.2) is 99.6 Å². The zero-order valence-corrected chi connectivity index (χ0v) is 52.8. The molecule has 1 saturated heterocycles. The number of esters is 1. The lowest BCUT2D eigenvalue weighted by molar-refractivity contribution is -0.305. The Morgan fingerprint density at radius 2 is 0.867 bits per heavy atom. The molecule has 11 heteroatoms. The first-order chi connectivity index (χ1) is 40.7. The number of amides is 1. The van der Waals surface area contributed by atoms with Crippen molar-refractivity contribution >= 4 is 11.9 Å². The van der Waals surface area contributed by atoms with Crippen LogP contribution in [0, 0.1) is 0 Å². The van der Waals surface area contributed by atoms with Crippen LogP contribution in [0.1, 0.15) is 271 Å². The number of hydrogen-bond acceptors (Lipinski definition) is 10. The van der Waals surface area contributed by atoms with E-state index in [1.54, 1.807) is 6.08 Å². The standard InChI is InChI=1S/C72H123NO10/c1-4-7-10-13-16-19-22-24-26-28-29-30-31-32-33-34-35-36-37-38-40-42-45-48-51-54-57-60-67(77)83-70-69(79)68(78)66(61-74)82-72(70)81-62-63(64(75)58-55-52-49-46-43-21-18-15-12-9-6-3)73-71(80)65(76)59-56-53-50-47-44-41-39-27-25-23-20-17-14-11-8-5-2/h8,11,16-17,19-20,24-27,29-30,41,44,50,53,55,58,63-66,68-70,72,74-76,78-79H,4-7,9-10,12-15,18,21-23,28,31-40,42-43,45-49,51-52,54,56-57,59-62H2,1-3H3,(H,73,80)/b11-8-,19-16-,20-17-,26-24-,27-25-,30-29-,44-41-,53-50-,58-55+. The van der Waals surface area contributed by atoms with Gasteiger partial charge in [-0.05, 0) is 103 Å². The van der Waals surface area contributed by atoms with E-state index in [1.165, 1.54) is 135 Å². The number of rotatable bonds is 56. The van der Waals surface area contributed by atoms with Gasteiger partial charge in [-0.1, -0.05) is 271 Å². The molecular formula is C72H123NO10. The number of allylic oxidation sites excluding steroid dienone is 17. The second-order valence-corrected chi connectivity index (χ2v) is 22.8. The number of unbranched alkanes of at least 4 members (excludes halogenated alkanes) is 26. The van der Waals surface area contributed by atoms with Crippen LogP contribution in [0.3, 0.4) is 0 Å². The fourth-order valence-electron chi connectivity index (χ4n) is 9.87. The van der Waals surface area contributed by atoms with Gasteiger partial charge in [0.25, 0.3) is 0 Å². The summed E-state index contributed by atoms with van der Waals surface area (Å²) >= 11 is 0. The highest BCUT2D eigenvalue weighted by Crippen LogP contribution is 2.26. The molecule has 1 aliphatic rings. The molecule has 1 amide bonds. The maximum absolute atomic E-state index is 13.4. The molecule has 1 fully saturated rings. The molecule has 0 radical (unpaired) electrons. The molecule has 0 saturated carbocycles. The molecule has 1 heterocycles. The van der Waals surface area contributed by atoms with Gasteiger partial charge in [0.1, 0.15) is 24.4 Å². The normalized spacial score (nSPS) is 19.3. The Morgan fingerprint density at radius 3 is 1.33 bits per heavy atom. The largest absolute Gasteiger partial charge is 0.454 e. The molecule has 0 aromatic heterocycles. The van der Waals surface area contributed by atoms with Gasteiger partial charge in [-0.15, -0.1) is 0 Å². The lowest BCUT2D eigenvalue weighted by atomic mass is 9.99. The van der Waals surface area contributed by atoms with Gasteiger partial charge in [-0.3, -0.25) is 9.59 Å². The summed E-state index contributed by atoms with van der Waals surface area (Å²) in [6.07, 6.45) is 70.0. The average Bonchev–Trinajstić information content (AvgIpc) is 3.52. The Morgan fingerprint density at radius 1 is 0.482 bits per heavy atom. The number of carbonyl (C=O) groups excluding carboxylic acids is 2. The van der Waals surface area contributed by atoms with Gasteiger partial charge in [0.15, 0.2) is 12.4 Å².